The fraction of sp³-hybridized carbons (Fsp3) is 0.200. The first kappa shape index (κ1) is 28.3. The number of nitrogens with two attached hydrogens (primary N) is 1. The number of nitrogens with zero attached hydrogens (tertiary/aromatic N) is 1. The van der Waals surface area contributed by atoms with Gasteiger partial charge in [-0.25, -0.2) is 4.79 Å². The molecule has 1 aliphatic heterocycles. The summed E-state index contributed by atoms with van der Waals surface area (Å²) in [5.74, 6) is 0.972. The molecule has 7 nitrogen and oxygen atoms in total. The lowest BCUT2D eigenvalue weighted by molar-refractivity contribution is 0.0734. The number of rotatable bonds is 10. The van der Waals surface area contributed by atoms with E-state index in [1.54, 1.807) is 36.4 Å². The second-order valence-electron chi connectivity index (χ2n) is 10.1. The van der Waals surface area contributed by atoms with Gasteiger partial charge in [0.15, 0.2) is 0 Å². The maximum absolute atomic E-state index is 12.9. The number of esters is 1. The predicted octanol–water partition coefficient (Wildman–Crippen LogP) is 7.19. The molecule has 4 aromatic rings. The summed E-state index contributed by atoms with van der Waals surface area (Å²) in [5.41, 5.74) is 10.7. The number of hydrogen-bond donors (Lipinski definition) is 1. The average molecular weight is 561 g/mol. The van der Waals surface area contributed by atoms with Crippen LogP contribution in [0.25, 0.3) is 0 Å². The van der Waals surface area contributed by atoms with E-state index in [0.717, 1.165) is 29.5 Å². The van der Waals surface area contributed by atoms with Crippen LogP contribution in [0.5, 0.6) is 23.0 Å². The maximum atomic E-state index is 12.9. The predicted molar refractivity (Wildman–Crippen MR) is 159 cm³/mol. The summed E-state index contributed by atoms with van der Waals surface area (Å²) in [6.07, 6.45) is 1.95. The van der Waals surface area contributed by atoms with Gasteiger partial charge in [0.25, 0.3) is 0 Å². The van der Waals surface area contributed by atoms with Crippen LogP contribution in [0.3, 0.4) is 0 Å². The molecule has 0 aliphatic carbocycles. The first-order valence-corrected chi connectivity index (χ1v) is 13.9. The smallest absolute Gasteiger partial charge is 0.343 e. The van der Waals surface area contributed by atoms with Gasteiger partial charge >= 0.3 is 5.97 Å². The number of nitriles is 1. The summed E-state index contributed by atoms with van der Waals surface area (Å²) in [4.78, 5) is 12.9. The third kappa shape index (κ3) is 6.56. The largest absolute Gasteiger partial charge is 0.494 e. The fourth-order valence-electron chi connectivity index (χ4n) is 4.69. The number of hydrogen-bond acceptors (Lipinski definition) is 7. The number of carbonyl (C=O) groups is 1. The van der Waals surface area contributed by atoms with E-state index >= 15 is 0 Å². The maximum Gasteiger partial charge on any atom is 0.343 e. The van der Waals surface area contributed by atoms with Crippen LogP contribution in [0, 0.1) is 18.3 Å². The van der Waals surface area contributed by atoms with Crippen LogP contribution in [-0.2, 0) is 6.61 Å². The number of ether oxygens (including phenoxy) is 4. The molecule has 0 aromatic heterocycles. The van der Waals surface area contributed by atoms with Gasteiger partial charge in [-0.15, -0.1) is 0 Å². The van der Waals surface area contributed by atoms with Crippen LogP contribution < -0.4 is 24.7 Å². The Kier molecular flexibility index (Phi) is 8.74. The highest BCUT2D eigenvalue weighted by molar-refractivity contribution is 5.91. The van der Waals surface area contributed by atoms with Crippen LogP contribution in [0.2, 0.25) is 0 Å². The minimum atomic E-state index is -0.525. The van der Waals surface area contributed by atoms with Crippen molar-refractivity contribution in [2.24, 2.45) is 5.73 Å². The molecular formula is C35H32N2O5. The molecule has 0 bridgehead atoms. The van der Waals surface area contributed by atoms with Crippen molar-refractivity contribution in [3.8, 4) is 29.1 Å². The van der Waals surface area contributed by atoms with Crippen molar-refractivity contribution < 1.29 is 23.7 Å². The molecular weight excluding hydrogens is 528 g/mol. The summed E-state index contributed by atoms with van der Waals surface area (Å²) in [6.45, 7) is 5.13. The molecule has 212 valence electrons. The Morgan fingerprint density at radius 1 is 0.929 bits per heavy atom. The van der Waals surface area contributed by atoms with Crippen molar-refractivity contribution in [3.05, 3.63) is 130 Å². The highest BCUT2D eigenvalue weighted by atomic mass is 16.5. The monoisotopic (exact) mass is 560 g/mol. The summed E-state index contributed by atoms with van der Waals surface area (Å²) < 4.78 is 23.3. The van der Waals surface area contributed by atoms with Crippen LogP contribution >= 0.6 is 0 Å². The molecule has 0 amide bonds. The van der Waals surface area contributed by atoms with E-state index in [1.165, 1.54) is 5.56 Å². The normalized spacial score (nSPS) is 13.9. The molecule has 0 radical (unpaired) electrons. The van der Waals surface area contributed by atoms with Crippen molar-refractivity contribution >= 4 is 5.97 Å². The molecule has 7 heteroatoms. The number of unbranched alkanes of at least 4 members (excludes halogenated alkanes) is 1. The number of fused-ring (bicyclic) bond motifs is 1. The summed E-state index contributed by atoms with van der Waals surface area (Å²) in [5, 5.41) is 9.97. The minimum absolute atomic E-state index is 0.00128. The summed E-state index contributed by atoms with van der Waals surface area (Å²) in [6, 6.07) is 30.0. The van der Waals surface area contributed by atoms with Gasteiger partial charge < -0.3 is 24.7 Å². The molecule has 0 fully saturated rings. The first-order valence-electron chi connectivity index (χ1n) is 13.9. The Bertz CT molecular complexity index is 1650. The third-order valence-corrected chi connectivity index (χ3v) is 6.95. The van der Waals surface area contributed by atoms with Crippen molar-refractivity contribution in [3.63, 3.8) is 0 Å². The molecule has 4 aromatic carbocycles. The van der Waals surface area contributed by atoms with Crippen molar-refractivity contribution in [1.82, 2.24) is 0 Å². The van der Waals surface area contributed by atoms with Gasteiger partial charge in [0, 0.05) is 11.6 Å². The number of allylic oxidation sites excluding steroid dienone is 1. The zero-order chi connectivity index (χ0) is 29.5. The minimum Gasteiger partial charge on any atom is -0.494 e. The van der Waals surface area contributed by atoms with Crippen molar-refractivity contribution in [1.29, 1.82) is 5.26 Å². The van der Waals surface area contributed by atoms with E-state index in [1.807, 2.05) is 61.5 Å². The van der Waals surface area contributed by atoms with Gasteiger partial charge in [0.1, 0.15) is 41.2 Å². The van der Waals surface area contributed by atoms with Gasteiger partial charge in [-0.05, 0) is 60.9 Å². The zero-order valence-corrected chi connectivity index (χ0v) is 23.6. The van der Waals surface area contributed by atoms with Gasteiger partial charge in [-0.2, -0.15) is 5.26 Å². The second-order valence-corrected chi connectivity index (χ2v) is 10.1. The molecule has 0 spiro atoms. The molecule has 0 saturated carbocycles. The summed E-state index contributed by atoms with van der Waals surface area (Å²) in [7, 11) is 0. The number of benzene rings is 4. The first-order chi connectivity index (χ1) is 20.4. The standard InChI is InChI=1S/C35H32N2O5/c1-3-4-17-39-27-9-6-8-26(19-27)35(38)41-29-15-16-30-32(20-29)42-34(37)31(21-36)33(30)25-7-5-10-28(18-25)40-22-24-13-11-23(2)12-14-24/h5-16,18-20,33H,3-4,17,22,37H2,1-2H3. The highest BCUT2D eigenvalue weighted by Gasteiger charge is 2.31. The Morgan fingerprint density at radius 3 is 2.45 bits per heavy atom. The van der Waals surface area contributed by atoms with Gasteiger partial charge in [-0.1, -0.05) is 67.4 Å². The van der Waals surface area contributed by atoms with Gasteiger partial charge in [-0.3, -0.25) is 0 Å². The van der Waals surface area contributed by atoms with E-state index in [2.05, 4.69) is 13.0 Å². The molecule has 1 heterocycles. The van der Waals surface area contributed by atoms with E-state index in [9.17, 15) is 10.1 Å². The second kappa shape index (κ2) is 13.0. The van der Waals surface area contributed by atoms with Crippen LogP contribution in [0.15, 0.2) is 102 Å². The molecule has 5 rings (SSSR count). The highest BCUT2D eigenvalue weighted by Crippen LogP contribution is 2.44. The third-order valence-electron chi connectivity index (χ3n) is 6.95. The van der Waals surface area contributed by atoms with Crippen molar-refractivity contribution in [2.75, 3.05) is 6.61 Å². The molecule has 1 atom stereocenters. The van der Waals surface area contributed by atoms with Crippen LogP contribution in [-0.4, -0.2) is 12.6 Å². The Balaban J connectivity index is 1.36. The lowest BCUT2D eigenvalue weighted by Crippen LogP contribution is -2.21. The van der Waals surface area contributed by atoms with E-state index in [4.69, 9.17) is 24.7 Å². The quantitative estimate of drug-likeness (QED) is 0.124. The summed E-state index contributed by atoms with van der Waals surface area (Å²) >= 11 is 0. The van der Waals surface area contributed by atoms with E-state index in [-0.39, 0.29) is 11.6 Å². The van der Waals surface area contributed by atoms with Gasteiger partial charge in [0.2, 0.25) is 5.88 Å². The SMILES string of the molecule is CCCCOc1cccc(C(=O)Oc2ccc3c(c2)OC(N)=C(C#N)C3c2cccc(OCc3ccc(C)cc3)c2)c1. The lowest BCUT2D eigenvalue weighted by Gasteiger charge is -2.27. The van der Waals surface area contributed by atoms with Crippen LogP contribution in [0.1, 0.15) is 58.3 Å². The topological polar surface area (TPSA) is 104 Å². The Labute approximate surface area is 245 Å². The molecule has 0 saturated heterocycles. The molecule has 1 aliphatic rings. The van der Waals surface area contributed by atoms with Crippen LogP contribution in [0.4, 0.5) is 0 Å². The van der Waals surface area contributed by atoms with Crippen molar-refractivity contribution in [2.45, 2.75) is 39.2 Å². The number of aryl methyl sites for hydroxylation is 1. The Hall–Kier alpha value is -5.22. The fourth-order valence-corrected chi connectivity index (χ4v) is 4.69. The average Bonchev–Trinajstić information content (AvgIpc) is 3.00. The van der Waals surface area contributed by atoms with Gasteiger partial charge in [0.05, 0.1) is 18.1 Å². The Morgan fingerprint density at radius 2 is 1.69 bits per heavy atom. The van der Waals surface area contributed by atoms with E-state index in [0.29, 0.717) is 41.6 Å². The zero-order valence-electron chi connectivity index (χ0n) is 23.6. The number of carbonyl (C=O) groups excluding carboxylic acids is 1. The molecule has 2 N–H and O–H groups in total. The van der Waals surface area contributed by atoms with E-state index < -0.39 is 11.9 Å². The molecule has 1 unspecified atom stereocenters. The lowest BCUT2D eigenvalue weighted by atomic mass is 9.83. The molecule has 42 heavy (non-hydrogen) atoms.